The number of benzene rings is 1. The molecule has 0 bridgehead atoms. The lowest BCUT2D eigenvalue weighted by Gasteiger charge is -2.18. The first-order valence-electron chi connectivity index (χ1n) is 7.14. The van der Waals surface area contributed by atoms with E-state index in [0.717, 1.165) is 35.9 Å². The average Bonchev–Trinajstić information content (AvgIpc) is 2.96. The number of fused-ring (bicyclic) bond motifs is 1. The maximum absolute atomic E-state index is 12.4. The number of nitrogens with zero attached hydrogens (tertiary/aromatic N) is 1. The van der Waals surface area contributed by atoms with E-state index in [9.17, 15) is 4.79 Å². The molecule has 2 atom stereocenters. The van der Waals surface area contributed by atoms with Crippen molar-refractivity contribution in [2.45, 2.75) is 19.3 Å². The van der Waals surface area contributed by atoms with Crippen molar-refractivity contribution in [1.82, 2.24) is 4.98 Å². The topological polar surface area (TPSA) is 68.0 Å². The van der Waals surface area contributed by atoms with Crippen molar-refractivity contribution in [2.24, 2.45) is 17.6 Å². The van der Waals surface area contributed by atoms with Crippen LogP contribution in [-0.2, 0) is 4.79 Å². The number of anilines is 1. The molecule has 4 nitrogen and oxygen atoms in total. The molecule has 120 valence electrons. The van der Waals surface area contributed by atoms with Crippen molar-refractivity contribution < 1.29 is 4.79 Å². The molecular weight excluding hydrogens is 321 g/mol. The van der Waals surface area contributed by atoms with Gasteiger partial charge < -0.3 is 11.1 Å². The number of nitrogens with two attached hydrogens (primary N) is 1. The van der Waals surface area contributed by atoms with Crippen molar-refractivity contribution in [3.05, 3.63) is 36.5 Å². The van der Waals surface area contributed by atoms with Gasteiger partial charge in [-0.15, -0.1) is 24.8 Å². The van der Waals surface area contributed by atoms with E-state index in [-0.39, 0.29) is 36.6 Å². The highest BCUT2D eigenvalue weighted by Gasteiger charge is 2.32. The van der Waals surface area contributed by atoms with E-state index in [4.69, 9.17) is 5.73 Å². The van der Waals surface area contributed by atoms with Crippen LogP contribution < -0.4 is 11.1 Å². The van der Waals surface area contributed by atoms with Gasteiger partial charge in [0.05, 0.1) is 11.2 Å². The first-order chi connectivity index (χ1) is 9.79. The van der Waals surface area contributed by atoms with E-state index in [0.29, 0.717) is 12.5 Å². The average molecular weight is 342 g/mol. The van der Waals surface area contributed by atoms with Crippen molar-refractivity contribution in [3.63, 3.8) is 0 Å². The quantitative estimate of drug-likeness (QED) is 0.898. The van der Waals surface area contributed by atoms with E-state index in [1.807, 2.05) is 30.3 Å². The molecule has 1 amide bonds. The molecule has 2 aromatic rings. The zero-order valence-corrected chi connectivity index (χ0v) is 13.8. The normalized spacial score (nSPS) is 20.0. The third-order valence-electron chi connectivity index (χ3n) is 4.20. The van der Waals surface area contributed by atoms with Gasteiger partial charge in [0.25, 0.3) is 0 Å². The SMILES string of the molecule is Cl.Cl.NC[C@H]1CCC[C@H]1C(=O)Nc1cccc2ncccc12. The fraction of sp³-hybridized carbons (Fsp3) is 0.375. The summed E-state index contributed by atoms with van der Waals surface area (Å²) in [4.78, 5) is 16.7. The summed E-state index contributed by atoms with van der Waals surface area (Å²) in [6.45, 7) is 0.592. The van der Waals surface area contributed by atoms with Gasteiger partial charge in [0, 0.05) is 17.5 Å². The Hall–Kier alpha value is -1.36. The molecule has 6 heteroatoms. The smallest absolute Gasteiger partial charge is 0.227 e. The highest BCUT2D eigenvalue weighted by Crippen LogP contribution is 2.32. The molecule has 3 rings (SSSR count). The number of pyridine rings is 1. The summed E-state index contributed by atoms with van der Waals surface area (Å²) in [5.41, 5.74) is 7.49. The number of halogens is 2. The van der Waals surface area contributed by atoms with Crippen LogP contribution in [0.25, 0.3) is 10.9 Å². The first kappa shape index (κ1) is 18.7. The summed E-state index contributed by atoms with van der Waals surface area (Å²) >= 11 is 0. The van der Waals surface area contributed by atoms with Crippen LogP contribution in [-0.4, -0.2) is 17.4 Å². The second-order valence-corrected chi connectivity index (χ2v) is 5.40. The molecular formula is C16H21Cl2N3O. The third-order valence-corrected chi connectivity index (χ3v) is 4.20. The summed E-state index contributed by atoms with van der Waals surface area (Å²) in [6, 6.07) is 9.65. The van der Waals surface area contributed by atoms with Crippen LogP contribution in [0.2, 0.25) is 0 Å². The lowest BCUT2D eigenvalue weighted by atomic mass is 9.95. The first-order valence-corrected chi connectivity index (χ1v) is 7.14. The number of rotatable bonds is 3. The molecule has 1 heterocycles. The molecule has 0 spiro atoms. The second-order valence-electron chi connectivity index (χ2n) is 5.40. The van der Waals surface area contributed by atoms with Crippen molar-refractivity contribution in [1.29, 1.82) is 0 Å². The molecule has 0 saturated heterocycles. The van der Waals surface area contributed by atoms with Gasteiger partial charge in [-0.25, -0.2) is 0 Å². The van der Waals surface area contributed by atoms with Crippen LogP contribution in [0.1, 0.15) is 19.3 Å². The zero-order valence-electron chi connectivity index (χ0n) is 12.2. The minimum Gasteiger partial charge on any atom is -0.330 e. The van der Waals surface area contributed by atoms with E-state index >= 15 is 0 Å². The number of hydrogen-bond acceptors (Lipinski definition) is 3. The summed E-state index contributed by atoms with van der Waals surface area (Å²) in [6.07, 6.45) is 4.86. The Morgan fingerprint density at radius 2 is 2.05 bits per heavy atom. The number of aromatic nitrogens is 1. The molecule has 0 radical (unpaired) electrons. The Morgan fingerprint density at radius 3 is 2.82 bits per heavy atom. The third kappa shape index (κ3) is 3.69. The number of carbonyl (C=O) groups excluding carboxylic acids is 1. The fourth-order valence-electron chi connectivity index (χ4n) is 3.10. The standard InChI is InChI=1S/C16H19N3O.2ClH/c17-10-11-4-1-5-12(11)16(20)19-15-8-2-7-14-13(15)6-3-9-18-14;;/h2-3,6-9,11-12H,1,4-5,10,17H2,(H,19,20);2*1H/t11-,12-;;/m1../s1. The van der Waals surface area contributed by atoms with E-state index < -0.39 is 0 Å². The Bertz CT molecular complexity index is 630. The van der Waals surface area contributed by atoms with Crippen molar-refractivity contribution in [3.8, 4) is 0 Å². The van der Waals surface area contributed by atoms with Gasteiger partial charge in [-0.2, -0.15) is 0 Å². The molecule has 1 saturated carbocycles. The highest BCUT2D eigenvalue weighted by atomic mass is 35.5. The summed E-state index contributed by atoms with van der Waals surface area (Å²) in [5, 5.41) is 4.03. The zero-order chi connectivity index (χ0) is 13.9. The molecule has 22 heavy (non-hydrogen) atoms. The Morgan fingerprint density at radius 1 is 1.23 bits per heavy atom. The lowest BCUT2D eigenvalue weighted by Crippen LogP contribution is -2.29. The number of hydrogen-bond donors (Lipinski definition) is 2. The highest BCUT2D eigenvalue weighted by molar-refractivity contribution is 6.01. The Labute approximate surface area is 142 Å². The van der Waals surface area contributed by atoms with Crippen LogP contribution in [0.5, 0.6) is 0 Å². The molecule has 1 aliphatic rings. The van der Waals surface area contributed by atoms with Crippen molar-refractivity contribution in [2.75, 3.05) is 11.9 Å². The molecule has 0 unspecified atom stereocenters. The maximum atomic E-state index is 12.4. The summed E-state index contributed by atoms with van der Waals surface area (Å²) in [5.74, 6) is 0.462. The van der Waals surface area contributed by atoms with Gasteiger partial charge >= 0.3 is 0 Å². The van der Waals surface area contributed by atoms with Gasteiger partial charge in [0.1, 0.15) is 0 Å². The number of carbonyl (C=O) groups is 1. The number of amides is 1. The summed E-state index contributed by atoms with van der Waals surface area (Å²) < 4.78 is 0. The molecule has 1 aliphatic carbocycles. The monoisotopic (exact) mass is 341 g/mol. The van der Waals surface area contributed by atoms with Crippen LogP contribution >= 0.6 is 24.8 Å². The Kier molecular flexibility index (Phi) is 7.07. The molecule has 1 aromatic heterocycles. The van der Waals surface area contributed by atoms with Crippen LogP contribution in [0.15, 0.2) is 36.5 Å². The van der Waals surface area contributed by atoms with Crippen LogP contribution in [0, 0.1) is 11.8 Å². The predicted molar refractivity (Wildman–Crippen MR) is 94.8 cm³/mol. The maximum Gasteiger partial charge on any atom is 0.227 e. The van der Waals surface area contributed by atoms with E-state index in [2.05, 4.69) is 10.3 Å². The van der Waals surface area contributed by atoms with Gasteiger partial charge in [-0.3, -0.25) is 9.78 Å². The van der Waals surface area contributed by atoms with Gasteiger partial charge in [-0.1, -0.05) is 12.5 Å². The fourth-order valence-corrected chi connectivity index (χ4v) is 3.10. The minimum atomic E-state index is 0. The van der Waals surface area contributed by atoms with E-state index in [1.165, 1.54) is 0 Å². The predicted octanol–water partition coefficient (Wildman–Crippen LogP) is 3.39. The summed E-state index contributed by atoms with van der Waals surface area (Å²) in [7, 11) is 0. The van der Waals surface area contributed by atoms with Gasteiger partial charge in [0.2, 0.25) is 5.91 Å². The van der Waals surface area contributed by atoms with Gasteiger partial charge in [-0.05, 0) is 49.6 Å². The largest absolute Gasteiger partial charge is 0.330 e. The molecule has 1 fully saturated rings. The van der Waals surface area contributed by atoms with Gasteiger partial charge in [0.15, 0.2) is 0 Å². The minimum absolute atomic E-state index is 0. The lowest BCUT2D eigenvalue weighted by molar-refractivity contribution is -0.120. The number of nitrogens with one attached hydrogen (secondary N) is 1. The molecule has 3 N–H and O–H groups in total. The molecule has 1 aromatic carbocycles. The molecule has 0 aliphatic heterocycles. The Balaban J connectivity index is 0.00000121. The van der Waals surface area contributed by atoms with E-state index in [1.54, 1.807) is 6.20 Å². The van der Waals surface area contributed by atoms with Crippen LogP contribution in [0.4, 0.5) is 5.69 Å². The van der Waals surface area contributed by atoms with Crippen LogP contribution in [0.3, 0.4) is 0 Å². The second kappa shape index (κ2) is 8.32. The van der Waals surface area contributed by atoms with Crippen molar-refractivity contribution >= 4 is 47.3 Å².